The minimum absolute atomic E-state index is 0.190. The molecule has 2 saturated carbocycles. The Balaban J connectivity index is 1.62. The van der Waals surface area contributed by atoms with Crippen molar-refractivity contribution in [3.63, 3.8) is 0 Å². The summed E-state index contributed by atoms with van der Waals surface area (Å²) in [5.41, 5.74) is 5.58. The highest BCUT2D eigenvalue weighted by molar-refractivity contribution is 5.80. The molecular weight excluding hydrogens is 376 g/mol. The molecule has 0 spiro atoms. The fourth-order valence-electron chi connectivity index (χ4n) is 9.59. The molecule has 4 aliphatic rings. The highest BCUT2D eigenvalue weighted by Gasteiger charge is 2.62. The van der Waals surface area contributed by atoms with Crippen LogP contribution in [0.4, 0.5) is 0 Å². The van der Waals surface area contributed by atoms with Crippen LogP contribution in [0.1, 0.15) is 126 Å². The van der Waals surface area contributed by atoms with E-state index in [0.717, 1.165) is 24.7 Å². The summed E-state index contributed by atoms with van der Waals surface area (Å²) in [5, 5.41) is 0. The third-order valence-electron chi connectivity index (χ3n) is 11.7. The molecule has 0 saturated heterocycles. The normalized spacial score (nSPS) is 42.7. The lowest BCUT2D eigenvalue weighted by Crippen LogP contribution is -2.51. The van der Waals surface area contributed by atoms with Crippen LogP contribution in [0.3, 0.4) is 0 Å². The van der Waals surface area contributed by atoms with Crippen LogP contribution in [0, 0.1) is 45.3 Å². The van der Waals surface area contributed by atoms with Crippen LogP contribution in [0.15, 0.2) is 11.1 Å². The van der Waals surface area contributed by atoms with Crippen molar-refractivity contribution >= 4 is 5.78 Å². The Hall–Kier alpha value is -0.590. The van der Waals surface area contributed by atoms with Gasteiger partial charge in [-0.3, -0.25) is 4.79 Å². The van der Waals surface area contributed by atoms with E-state index in [1.165, 1.54) is 57.8 Å². The van der Waals surface area contributed by atoms with E-state index in [0.29, 0.717) is 33.4 Å². The predicted molar refractivity (Wildman–Crippen MR) is 132 cm³/mol. The molecule has 0 heterocycles. The molecule has 4 rings (SSSR count). The summed E-state index contributed by atoms with van der Waals surface area (Å²) in [5.74, 6) is 2.96. The first kappa shape index (κ1) is 23.6. The molecule has 0 N–H and O–H groups in total. The van der Waals surface area contributed by atoms with E-state index in [1.54, 1.807) is 0 Å². The zero-order valence-corrected chi connectivity index (χ0v) is 22.0. The summed E-state index contributed by atoms with van der Waals surface area (Å²) in [6, 6.07) is 0. The summed E-state index contributed by atoms with van der Waals surface area (Å²) < 4.78 is 0. The molecule has 1 unspecified atom stereocenters. The quantitative estimate of drug-likeness (QED) is 0.401. The fraction of sp³-hybridized carbons (Fsp3) is 0.900. The Labute approximate surface area is 193 Å². The Morgan fingerprint density at radius 2 is 1.61 bits per heavy atom. The molecule has 31 heavy (non-hydrogen) atoms. The summed E-state index contributed by atoms with van der Waals surface area (Å²) in [6.07, 6.45) is 14.4. The lowest BCUT2D eigenvalue weighted by atomic mass is 9.43. The number of fused-ring (bicyclic) bond motifs is 4. The van der Waals surface area contributed by atoms with Crippen LogP contribution in [-0.4, -0.2) is 5.78 Å². The molecule has 0 amide bonds. The fourth-order valence-corrected chi connectivity index (χ4v) is 9.59. The smallest absolute Gasteiger partial charge is 0.135 e. The van der Waals surface area contributed by atoms with Crippen LogP contribution in [0.25, 0.3) is 0 Å². The van der Waals surface area contributed by atoms with Gasteiger partial charge in [-0.25, -0.2) is 0 Å². The van der Waals surface area contributed by atoms with Gasteiger partial charge in [0.1, 0.15) is 5.78 Å². The standard InChI is InChI=1S/C30H50O/c1-20(2)25(31)12-10-21(3)22-14-18-30(8)24-11-13-26-27(4,5)16-9-17-28(26,6)23(24)15-19-29(22,30)7/h20-22,26H,9-19H2,1-8H3/t21-,22-,26?,28-,29+,30+/m1/s1. The molecule has 4 aliphatic carbocycles. The number of allylic oxidation sites excluding steroid dienone is 2. The van der Waals surface area contributed by atoms with Gasteiger partial charge in [-0.05, 0) is 97.2 Å². The van der Waals surface area contributed by atoms with Crippen molar-refractivity contribution in [2.45, 2.75) is 126 Å². The number of hydrogen-bond acceptors (Lipinski definition) is 1. The van der Waals surface area contributed by atoms with Gasteiger partial charge in [0.2, 0.25) is 0 Å². The lowest BCUT2D eigenvalue weighted by Gasteiger charge is -2.61. The van der Waals surface area contributed by atoms with Crippen LogP contribution in [0.5, 0.6) is 0 Å². The van der Waals surface area contributed by atoms with Crippen LogP contribution in [0.2, 0.25) is 0 Å². The maximum absolute atomic E-state index is 12.3. The van der Waals surface area contributed by atoms with Gasteiger partial charge >= 0.3 is 0 Å². The first-order valence-electron chi connectivity index (χ1n) is 13.6. The van der Waals surface area contributed by atoms with Crippen molar-refractivity contribution in [3.8, 4) is 0 Å². The van der Waals surface area contributed by atoms with Crippen LogP contribution < -0.4 is 0 Å². The van der Waals surface area contributed by atoms with Gasteiger partial charge < -0.3 is 0 Å². The van der Waals surface area contributed by atoms with Crippen LogP contribution in [-0.2, 0) is 4.79 Å². The molecule has 0 aromatic heterocycles. The van der Waals surface area contributed by atoms with E-state index < -0.39 is 0 Å². The van der Waals surface area contributed by atoms with Crippen molar-refractivity contribution < 1.29 is 4.79 Å². The minimum atomic E-state index is 0.190. The molecule has 0 radical (unpaired) electrons. The second-order valence-electron chi connectivity index (χ2n) is 13.8. The zero-order valence-electron chi connectivity index (χ0n) is 22.0. The number of hydrogen-bond donors (Lipinski definition) is 0. The van der Waals surface area contributed by atoms with E-state index in [1.807, 2.05) is 11.1 Å². The lowest BCUT2D eigenvalue weighted by molar-refractivity contribution is -0.122. The van der Waals surface area contributed by atoms with E-state index in [4.69, 9.17) is 0 Å². The summed E-state index contributed by atoms with van der Waals surface area (Å²) >= 11 is 0. The van der Waals surface area contributed by atoms with E-state index in [2.05, 4.69) is 55.4 Å². The Bertz CT molecular complexity index is 756. The van der Waals surface area contributed by atoms with Gasteiger partial charge in [0.15, 0.2) is 0 Å². The molecule has 0 aliphatic heterocycles. The molecule has 176 valence electrons. The van der Waals surface area contributed by atoms with Gasteiger partial charge in [0, 0.05) is 12.3 Å². The third kappa shape index (κ3) is 3.42. The van der Waals surface area contributed by atoms with Crippen molar-refractivity contribution in [1.29, 1.82) is 0 Å². The van der Waals surface area contributed by atoms with E-state index >= 15 is 0 Å². The second kappa shape index (κ2) is 7.73. The first-order valence-corrected chi connectivity index (χ1v) is 13.6. The van der Waals surface area contributed by atoms with E-state index in [-0.39, 0.29) is 5.92 Å². The predicted octanol–water partition coefficient (Wildman–Crippen LogP) is 8.77. The number of ketones is 1. The zero-order chi connectivity index (χ0) is 22.8. The Morgan fingerprint density at radius 3 is 2.29 bits per heavy atom. The number of Topliss-reactive ketones (excluding diaryl/α,β-unsaturated/α-hetero) is 1. The van der Waals surface area contributed by atoms with Crippen molar-refractivity contribution in [3.05, 3.63) is 11.1 Å². The third-order valence-corrected chi connectivity index (χ3v) is 11.7. The van der Waals surface area contributed by atoms with Crippen molar-refractivity contribution in [2.75, 3.05) is 0 Å². The molecule has 0 aromatic carbocycles. The van der Waals surface area contributed by atoms with Gasteiger partial charge in [-0.1, -0.05) is 73.0 Å². The van der Waals surface area contributed by atoms with Gasteiger partial charge in [-0.2, -0.15) is 0 Å². The minimum Gasteiger partial charge on any atom is -0.299 e. The second-order valence-corrected chi connectivity index (χ2v) is 13.8. The van der Waals surface area contributed by atoms with Crippen molar-refractivity contribution in [2.24, 2.45) is 45.3 Å². The van der Waals surface area contributed by atoms with Crippen molar-refractivity contribution in [1.82, 2.24) is 0 Å². The highest BCUT2D eigenvalue weighted by Crippen LogP contribution is 2.72. The van der Waals surface area contributed by atoms with Gasteiger partial charge in [0.25, 0.3) is 0 Å². The average Bonchev–Trinajstić information content (AvgIpc) is 2.96. The maximum atomic E-state index is 12.3. The van der Waals surface area contributed by atoms with Crippen LogP contribution >= 0.6 is 0 Å². The summed E-state index contributed by atoms with van der Waals surface area (Å²) in [7, 11) is 0. The Morgan fingerprint density at radius 1 is 0.903 bits per heavy atom. The van der Waals surface area contributed by atoms with E-state index in [9.17, 15) is 4.79 Å². The topological polar surface area (TPSA) is 17.1 Å². The monoisotopic (exact) mass is 426 g/mol. The first-order chi connectivity index (χ1) is 14.4. The van der Waals surface area contributed by atoms with Gasteiger partial charge in [-0.15, -0.1) is 0 Å². The summed E-state index contributed by atoms with van der Waals surface area (Å²) in [6.45, 7) is 19.6. The molecule has 0 bridgehead atoms. The molecule has 1 nitrogen and oxygen atoms in total. The highest BCUT2D eigenvalue weighted by atomic mass is 16.1. The maximum Gasteiger partial charge on any atom is 0.135 e. The molecule has 1 heteroatoms. The number of carbonyl (C=O) groups excluding carboxylic acids is 1. The molecule has 2 fully saturated rings. The largest absolute Gasteiger partial charge is 0.299 e. The van der Waals surface area contributed by atoms with Gasteiger partial charge in [0.05, 0.1) is 0 Å². The SMILES string of the molecule is CC(C)C(=O)CC[C@@H](C)[C@H]1CC[C@@]2(C)C3=C(CC[C@@]12C)[C@@]1(C)CCCC(C)(C)C1CC3. The molecule has 6 atom stereocenters. The molecular formula is C30H50O. The Kier molecular flexibility index (Phi) is 5.88. The average molecular weight is 427 g/mol. The summed E-state index contributed by atoms with van der Waals surface area (Å²) in [4.78, 5) is 12.3. The number of carbonyl (C=O) groups is 1. The molecule has 0 aromatic rings. The number of rotatable bonds is 5.